The van der Waals surface area contributed by atoms with Gasteiger partial charge in [-0.2, -0.15) is 0 Å². The van der Waals surface area contributed by atoms with Crippen molar-refractivity contribution in [1.29, 1.82) is 0 Å². The molecule has 1 aromatic rings. The molecule has 0 spiro atoms. The summed E-state index contributed by atoms with van der Waals surface area (Å²) in [6, 6.07) is 3.92. The zero-order chi connectivity index (χ0) is 11.7. The maximum Gasteiger partial charge on any atom is 0.166 e. The molecule has 4 heteroatoms. The van der Waals surface area contributed by atoms with Gasteiger partial charge in [-0.05, 0) is 12.1 Å². The molecule has 2 nitrogen and oxygen atoms in total. The van der Waals surface area contributed by atoms with Gasteiger partial charge in [-0.1, -0.05) is 29.8 Å². The molecule has 1 aliphatic rings. The lowest BCUT2D eigenvalue weighted by molar-refractivity contribution is 0.236. The summed E-state index contributed by atoms with van der Waals surface area (Å²) in [6.45, 7) is 4.74. The second-order valence-corrected chi connectivity index (χ2v) is 5.23. The van der Waals surface area contributed by atoms with Crippen molar-refractivity contribution in [2.75, 3.05) is 6.61 Å². The quantitative estimate of drug-likeness (QED) is 0.900. The van der Waals surface area contributed by atoms with E-state index in [1.54, 1.807) is 0 Å². The van der Waals surface area contributed by atoms with Gasteiger partial charge in [-0.3, -0.25) is 0 Å². The van der Waals surface area contributed by atoms with Crippen molar-refractivity contribution in [2.45, 2.75) is 32.4 Å². The van der Waals surface area contributed by atoms with Crippen LogP contribution in [-0.2, 0) is 0 Å². The molecule has 0 fully saturated rings. The third-order valence-corrected chi connectivity index (χ3v) is 3.06. The molecule has 16 heavy (non-hydrogen) atoms. The molecule has 0 bridgehead atoms. The van der Waals surface area contributed by atoms with Gasteiger partial charge < -0.3 is 10.1 Å². The van der Waals surface area contributed by atoms with E-state index < -0.39 is 0 Å². The SMILES string of the molecule is CC(C)NC1CCOc2c(F)cc(Br)cc21. The largest absolute Gasteiger partial charge is 0.490 e. The van der Waals surface area contributed by atoms with Crippen LogP contribution in [0.15, 0.2) is 16.6 Å². The Balaban J connectivity index is 2.37. The Bertz CT molecular complexity index is 395. The summed E-state index contributed by atoms with van der Waals surface area (Å²) in [5.74, 6) is 0.104. The van der Waals surface area contributed by atoms with Gasteiger partial charge in [0, 0.05) is 28.5 Å². The number of benzene rings is 1. The molecule has 2 rings (SSSR count). The van der Waals surface area contributed by atoms with Crippen LogP contribution in [0.25, 0.3) is 0 Å². The van der Waals surface area contributed by atoms with Crippen LogP contribution < -0.4 is 10.1 Å². The first-order chi connectivity index (χ1) is 7.58. The Hall–Kier alpha value is -0.610. The third kappa shape index (κ3) is 2.38. The van der Waals surface area contributed by atoms with E-state index in [0.717, 1.165) is 16.5 Å². The van der Waals surface area contributed by atoms with Gasteiger partial charge in [0.15, 0.2) is 11.6 Å². The van der Waals surface area contributed by atoms with Crippen LogP contribution in [-0.4, -0.2) is 12.6 Å². The predicted octanol–water partition coefficient (Wildman–Crippen LogP) is 3.41. The van der Waals surface area contributed by atoms with Gasteiger partial charge in [-0.15, -0.1) is 0 Å². The normalized spacial score (nSPS) is 19.4. The van der Waals surface area contributed by atoms with Crippen LogP contribution in [0.1, 0.15) is 31.9 Å². The van der Waals surface area contributed by atoms with Crippen LogP contribution >= 0.6 is 15.9 Å². The molecule has 0 radical (unpaired) electrons. The Kier molecular flexibility index (Phi) is 3.50. The second kappa shape index (κ2) is 4.72. The van der Waals surface area contributed by atoms with E-state index in [1.807, 2.05) is 6.07 Å². The highest BCUT2D eigenvalue weighted by Crippen LogP contribution is 2.36. The molecule has 0 saturated heterocycles. The summed E-state index contributed by atoms with van der Waals surface area (Å²) in [6.07, 6.45) is 0.876. The summed E-state index contributed by atoms with van der Waals surface area (Å²) in [5.41, 5.74) is 0.909. The number of hydrogen-bond donors (Lipinski definition) is 1. The summed E-state index contributed by atoms with van der Waals surface area (Å²) < 4.78 is 19.8. The van der Waals surface area contributed by atoms with Crippen LogP contribution in [0.4, 0.5) is 4.39 Å². The molecule has 1 heterocycles. The number of hydrogen-bond acceptors (Lipinski definition) is 2. The minimum atomic E-state index is -0.292. The standard InChI is InChI=1S/C12H15BrFNO/c1-7(2)15-11-3-4-16-12-9(11)5-8(13)6-10(12)14/h5-7,11,15H,3-4H2,1-2H3. The first-order valence-corrected chi connectivity index (χ1v) is 6.25. The lowest BCUT2D eigenvalue weighted by Crippen LogP contribution is -2.32. The maximum atomic E-state index is 13.7. The summed E-state index contributed by atoms with van der Waals surface area (Å²) in [5, 5.41) is 3.42. The molecule has 0 aliphatic carbocycles. The molecule has 1 unspecified atom stereocenters. The molecule has 0 amide bonds. The van der Waals surface area contributed by atoms with Crippen molar-refractivity contribution in [3.63, 3.8) is 0 Å². The number of rotatable bonds is 2. The fourth-order valence-corrected chi connectivity index (χ4v) is 2.45. The summed E-state index contributed by atoms with van der Waals surface area (Å²) in [7, 11) is 0. The van der Waals surface area contributed by atoms with Crippen molar-refractivity contribution in [1.82, 2.24) is 5.32 Å². The third-order valence-electron chi connectivity index (χ3n) is 2.60. The fraction of sp³-hybridized carbons (Fsp3) is 0.500. The Morgan fingerprint density at radius 2 is 2.25 bits per heavy atom. The van der Waals surface area contributed by atoms with E-state index in [1.165, 1.54) is 6.07 Å². The highest BCUT2D eigenvalue weighted by atomic mass is 79.9. The lowest BCUT2D eigenvalue weighted by Gasteiger charge is -2.28. The number of halogens is 2. The summed E-state index contributed by atoms with van der Waals surface area (Å²) >= 11 is 3.31. The van der Waals surface area contributed by atoms with Gasteiger partial charge in [0.1, 0.15) is 0 Å². The first-order valence-electron chi connectivity index (χ1n) is 5.45. The van der Waals surface area contributed by atoms with E-state index in [9.17, 15) is 4.39 Å². The van der Waals surface area contributed by atoms with Gasteiger partial charge in [-0.25, -0.2) is 4.39 Å². The average molecular weight is 288 g/mol. The zero-order valence-corrected chi connectivity index (χ0v) is 11.0. The predicted molar refractivity (Wildman–Crippen MR) is 65.2 cm³/mol. The zero-order valence-electron chi connectivity index (χ0n) is 9.39. The van der Waals surface area contributed by atoms with Crippen LogP contribution in [0.5, 0.6) is 5.75 Å². The Labute approximate surface area is 103 Å². The summed E-state index contributed by atoms with van der Waals surface area (Å²) in [4.78, 5) is 0. The van der Waals surface area contributed by atoms with E-state index >= 15 is 0 Å². The average Bonchev–Trinajstić information content (AvgIpc) is 2.18. The Morgan fingerprint density at radius 3 is 2.94 bits per heavy atom. The molecular weight excluding hydrogens is 273 g/mol. The topological polar surface area (TPSA) is 21.3 Å². The van der Waals surface area contributed by atoms with Gasteiger partial charge >= 0.3 is 0 Å². The molecule has 1 aromatic carbocycles. The number of ether oxygens (including phenoxy) is 1. The molecule has 88 valence electrons. The highest BCUT2D eigenvalue weighted by molar-refractivity contribution is 9.10. The highest BCUT2D eigenvalue weighted by Gasteiger charge is 2.25. The van der Waals surface area contributed by atoms with E-state index in [2.05, 4.69) is 35.1 Å². The number of nitrogens with one attached hydrogen (secondary N) is 1. The first kappa shape index (κ1) is 11.9. The molecular formula is C12H15BrFNO. The van der Waals surface area contributed by atoms with Gasteiger partial charge in [0.2, 0.25) is 0 Å². The Morgan fingerprint density at radius 1 is 1.50 bits per heavy atom. The van der Waals surface area contributed by atoms with Crippen LogP contribution in [0, 0.1) is 5.82 Å². The molecule has 1 N–H and O–H groups in total. The molecule has 0 aromatic heterocycles. The van der Waals surface area contributed by atoms with Crippen molar-refractivity contribution >= 4 is 15.9 Å². The van der Waals surface area contributed by atoms with E-state index in [-0.39, 0.29) is 11.9 Å². The van der Waals surface area contributed by atoms with Crippen molar-refractivity contribution in [2.24, 2.45) is 0 Å². The van der Waals surface area contributed by atoms with E-state index in [4.69, 9.17) is 4.74 Å². The second-order valence-electron chi connectivity index (χ2n) is 4.32. The maximum absolute atomic E-state index is 13.7. The molecule has 1 atom stereocenters. The van der Waals surface area contributed by atoms with E-state index in [0.29, 0.717) is 18.4 Å². The monoisotopic (exact) mass is 287 g/mol. The minimum Gasteiger partial charge on any atom is -0.490 e. The minimum absolute atomic E-state index is 0.177. The van der Waals surface area contributed by atoms with Crippen LogP contribution in [0.3, 0.4) is 0 Å². The molecule has 1 aliphatic heterocycles. The van der Waals surface area contributed by atoms with Crippen molar-refractivity contribution < 1.29 is 9.13 Å². The van der Waals surface area contributed by atoms with Crippen molar-refractivity contribution in [3.8, 4) is 5.75 Å². The van der Waals surface area contributed by atoms with Crippen LogP contribution in [0.2, 0.25) is 0 Å². The van der Waals surface area contributed by atoms with Gasteiger partial charge in [0.05, 0.1) is 6.61 Å². The number of fused-ring (bicyclic) bond motifs is 1. The smallest absolute Gasteiger partial charge is 0.166 e. The lowest BCUT2D eigenvalue weighted by atomic mass is 9.99. The van der Waals surface area contributed by atoms with Crippen molar-refractivity contribution in [3.05, 3.63) is 28.0 Å². The fourth-order valence-electron chi connectivity index (χ4n) is 2.00. The molecule has 0 saturated carbocycles. The van der Waals surface area contributed by atoms with Gasteiger partial charge in [0.25, 0.3) is 0 Å².